The lowest BCUT2D eigenvalue weighted by molar-refractivity contribution is -0.123. The zero-order chi connectivity index (χ0) is 13.9. The molecule has 0 aliphatic heterocycles. The Morgan fingerprint density at radius 1 is 1.30 bits per heavy atom. The molecule has 0 spiro atoms. The highest BCUT2D eigenvalue weighted by Gasteiger charge is 2.25. The number of thiophene rings is 1. The van der Waals surface area contributed by atoms with Crippen molar-refractivity contribution in [2.24, 2.45) is 5.73 Å². The molecule has 4 heteroatoms. The summed E-state index contributed by atoms with van der Waals surface area (Å²) in [6.45, 7) is 0. The van der Waals surface area contributed by atoms with Crippen LogP contribution in [0.15, 0.2) is 41.8 Å². The summed E-state index contributed by atoms with van der Waals surface area (Å²) >= 11 is 1.78. The number of hydrogen-bond donors (Lipinski definition) is 2. The molecule has 1 heterocycles. The van der Waals surface area contributed by atoms with E-state index in [2.05, 4.69) is 16.8 Å². The molecule has 20 heavy (non-hydrogen) atoms. The van der Waals surface area contributed by atoms with Gasteiger partial charge in [-0.25, -0.2) is 0 Å². The van der Waals surface area contributed by atoms with Crippen molar-refractivity contribution in [3.8, 4) is 0 Å². The van der Waals surface area contributed by atoms with Crippen molar-refractivity contribution in [2.45, 2.75) is 31.3 Å². The van der Waals surface area contributed by atoms with Crippen LogP contribution in [0.3, 0.4) is 0 Å². The second-order valence-electron chi connectivity index (χ2n) is 5.14. The van der Waals surface area contributed by atoms with E-state index >= 15 is 0 Å². The number of fused-ring (bicyclic) bond motifs is 1. The van der Waals surface area contributed by atoms with Crippen LogP contribution in [0.25, 0.3) is 0 Å². The molecule has 3 rings (SSSR count). The Kier molecular flexibility index (Phi) is 3.85. The highest BCUT2D eigenvalue weighted by molar-refractivity contribution is 7.10. The third kappa shape index (κ3) is 2.62. The summed E-state index contributed by atoms with van der Waals surface area (Å²) in [5.74, 6) is -0.0970. The van der Waals surface area contributed by atoms with Crippen molar-refractivity contribution in [3.05, 3.63) is 57.8 Å². The molecule has 1 aliphatic rings. The standard InChI is InChI=1S/C16H18N2OS/c17-15(11-5-2-1-3-6-11)16(19)18-13-7-4-8-14-12(13)9-10-20-14/h1-3,5-6,9-10,13,15H,4,7-8,17H2,(H,18,19). The van der Waals surface area contributed by atoms with E-state index in [-0.39, 0.29) is 11.9 Å². The van der Waals surface area contributed by atoms with Gasteiger partial charge in [-0.15, -0.1) is 11.3 Å². The van der Waals surface area contributed by atoms with Crippen molar-refractivity contribution >= 4 is 17.2 Å². The van der Waals surface area contributed by atoms with E-state index < -0.39 is 6.04 Å². The summed E-state index contributed by atoms with van der Waals surface area (Å²) in [6, 6.07) is 11.2. The average Bonchev–Trinajstić information content (AvgIpc) is 2.97. The Morgan fingerprint density at radius 2 is 2.10 bits per heavy atom. The summed E-state index contributed by atoms with van der Waals surface area (Å²) < 4.78 is 0. The van der Waals surface area contributed by atoms with Gasteiger partial charge in [0.05, 0.1) is 6.04 Å². The first-order chi connectivity index (χ1) is 9.75. The highest BCUT2D eigenvalue weighted by atomic mass is 32.1. The number of rotatable bonds is 3. The van der Waals surface area contributed by atoms with Crippen molar-refractivity contribution < 1.29 is 4.79 Å². The molecule has 0 bridgehead atoms. The summed E-state index contributed by atoms with van der Waals surface area (Å²) in [5.41, 5.74) is 8.17. The van der Waals surface area contributed by atoms with Crippen molar-refractivity contribution in [1.82, 2.24) is 5.32 Å². The molecule has 3 N–H and O–H groups in total. The number of carbonyl (C=O) groups is 1. The van der Waals surface area contributed by atoms with Crippen LogP contribution in [0, 0.1) is 0 Å². The van der Waals surface area contributed by atoms with E-state index in [9.17, 15) is 4.79 Å². The van der Waals surface area contributed by atoms with Gasteiger partial charge in [-0.2, -0.15) is 0 Å². The molecule has 104 valence electrons. The van der Waals surface area contributed by atoms with Gasteiger partial charge < -0.3 is 11.1 Å². The van der Waals surface area contributed by atoms with Crippen LogP contribution in [0.4, 0.5) is 0 Å². The fraction of sp³-hybridized carbons (Fsp3) is 0.312. The average molecular weight is 286 g/mol. The second-order valence-corrected chi connectivity index (χ2v) is 6.14. The van der Waals surface area contributed by atoms with E-state index in [1.807, 2.05) is 30.3 Å². The monoisotopic (exact) mass is 286 g/mol. The van der Waals surface area contributed by atoms with E-state index in [0.717, 1.165) is 24.8 Å². The van der Waals surface area contributed by atoms with Crippen molar-refractivity contribution in [2.75, 3.05) is 0 Å². The maximum absolute atomic E-state index is 12.3. The predicted molar refractivity (Wildman–Crippen MR) is 81.5 cm³/mol. The van der Waals surface area contributed by atoms with E-state index in [1.54, 1.807) is 11.3 Å². The Bertz CT molecular complexity index is 594. The number of aryl methyl sites for hydroxylation is 1. The van der Waals surface area contributed by atoms with E-state index in [0.29, 0.717) is 0 Å². The van der Waals surface area contributed by atoms with Crippen LogP contribution in [0.2, 0.25) is 0 Å². The topological polar surface area (TPSA) is 55.1 Å². The first kappa shape index (κ1) is 13.3. The Labute approximate surface area is 122 Å². The number of nitrogens with two attached hydrogens (primary N) is 1. The molecule has 2 aromatic rings. The highest BCUT2D eigenvalue weighted by Crippen LogP contribution is 2.33. The molecule has 0 radical (unpaired) electrons. The maximum Gasteiger partial charge on any atom is 0.241 e. The lowest BCUT2D eigenvalue weighted by Crippen LogP contribution is -2.37. The molecule has 1 amide bonds. The van der Waals surface area contributed by atoms with Crippen LogP contribution in [-0.2, 0) is 11.2 Å². The largest absolute Gasteiger partial charge is 0.348 e. The SMILES string of the molecule is NC(C(=O)NC1CCCc2sccc21)c1ccccc1. The summed E-state index contributed by atoms with van der Waals surface area (Å²) in [5, 5.41) is 5.21. The van der Waals surface area contributed by atoms with E-state index in [1.165, 1.54) is 10.4 Å². The van der Waals surface area contributed by atoms with Gasteiger partial charge in [0, 0.05) is 4.88 Å². The van der Waals surface area contributed by atoms with Gasteiger partial charge in [0.1, 0.15) is 6.04 Å². The lowest BCUT2D eigenvalue weighted by Gasteiger charge is -2.25. The molecule has 2 unspecified atom stereocenters. The third-order valence-corrected chi connectivity index (χ3v) is 4.81. The van der Waals surface area contributed by atoms with Crippen LogP contribution in [0.5, 0.6) is 0 Å². The lowest BCUT2D eigenvalue weighted by atomic mass is 9.93. The Balaban J connectivity index is 1.72. The Hall–Kier alpha value is -1.65. The minimum atomic E-state index is -0.597. The molecule has 1 aliphatic carbocycles. The van der Waals surface area contributed by atoms with Gasteiger partial charge in [-0.05, 0) is 41.8 Å². The fourth-order valence-electron chi connectivity index (χ4n) is 2.71. The van der Waals surface area contributed by atoms with Crippen LogP contribution in [0.1, 0.15) is 40.9 Å². The number of nitrogens with one attached hydrogen (secondary N) is 1. The van der Waals surface area contributed by atoms with Crippen LogP contribution in [-0.4, -0.2) is 5.91 Å². The minimum Gasteiger partial charge on any atom is -0.348 e. The van der Waals surface area contributed by atoms with Crippen LogP contribution >= 0.6 is 11.3 Å². The molecule has 1 aromatic carbocycles. The third-order valence-electron chi connectivity index (χ3n) is 3.81. The minimum absolute atomic E-state index is 0.0970. The molecule has 3 nitrogen and oxygen atoms in total. The molecule has 0 fully saturated rings. The van der Waals surface area contributed by atoms with Crippen molar-refractivity contribution in [1.29, 1.82) is 0 Å². The summed E-state index contributed by atoms with van der Waals surface area (Å²) in [6.07, 6.45) is 3.25. The van der Waals surface area contributed by atoms with Gasteiger partial charge in [0.2, 0.25) is 5.91 Å². The molecule has 1 aromatic heterocycles. The van der Waals surface area contributed by atoms with Gasteiger partial charge in [-0.1, -0.05) is 30.3 Å². The first-order valence-corrected chi connectivity index (χ1v) is 7.81. The van der Waals surface area contributed by atoms with E-state index in [4.69, 9.17) is 5.73 Å². The molecular formula is C16H18N2OS. The van der Waals surface area contributed by atoms with Gasteiger partial charge in [0.25, 0.3) is 0 Å². The van der Waals surface area contributed by atoms with Crippen molar-refractivity contribution in [3.63, 3.8) is 0 Å². The number of hydrogen-bond acceptors (Lipinski definition) is 3. The van der Waals surface area contributed by atoms with Gasteiger partial charge in [0.15, 0.2) is 0 Å². The normalized spacial score (nSPS) is 19.1. The molecule has 0 saturated heterocycles. The second kappa shape index (κ2) is 5.77. The molecule has 2 atom stereocenters. The zero-order valence-corrected chi connectivity index (χ0v) is 12.0. The summed E-state index contributed by atoms with van der Waals surface area (Å²) in [7, 11) is 0. The van der Waals surface area contributed by atoms with Gasteiger partial charge in [-0.3, -0.25) is 4.79 Å². The first-order valence-electron chi connectivity index (χ1n) is 6.93. The number of amides is 1. The Morgan fingerprint density at radius 3 is 2.90 bits per heavy atom. The number of benzene rings is 1. The fourth-order valence-corrected chi connectivity index (χ4v) is 3.70. The van der Waals surface area contributed by atoms with Crippen LogP contribution < -0.4 is 11.1 Å². The quantitative estimate of drug-likeness (QED) is 0.911. The number of carbonyl (C=O) groups excluding carboxylic acids is 1. The predicted octanol–water partition coefficient (Wildman–Crippen LogP) is 2.94. The smallest absolute Gasteiger partial charge is 0.241 e. The molecule has 0 saturated carbocycles. The van der Waals surface area contributed by atoms with Gasteiger partial charge >= 0.3 is 0 Å². The molecular weight excluding hydrogens is 268 g/mol. The summed E-state index contributed by atoms with van der Waals surface area (Å²) in [4.78, 5) is 13.7. The maximum atomic E-state index is 12.3. The zero-order valence-electron chi connectivity index (χ0n) is 11.2.